The van der Waals surface area contributed by atoms with E-state index in [1.807, 2.05) is 0 Å². The van der Waals surface area contributed by atoms with Gasteiger partial charge < -0.3 is 10.6 Å². The largest absolute Gasteiger partial charge is 0.368 e. The summed E-state index contributed by atoms with van der Waals surface area (Å²) in [5, 5.41) is 15.0. The molecule has 0 spiro atoms. The lowest BCUT2D eigenvalue weighted by Crippen LogP contribution is -2.18. The molecule has 1 fully saturated rings. The van der Waals surface area contributed by atoms with Gasteiger partial charge in [0.25, 0.3) is 0 Å². The second-order valence-electron chi connectivity index (χ2n) is 6.03. The molecule has 0 amide bonds. The minimum atomic E-state index is 0.428. The van der Waals surface area contributed by atoms with Crippen LogP contribution in [0, 0.1) is 11.3 Å². The lowest BCUT2D eigenvalue weighted by molar-refractivity contribution is 0.331. The molecule has 3 rings (SSSR count). The first-order chi connectivity index (χ1) is 12.2. The van der Waals surface area contributed by atoms with E-state index in [-0.39, 0.29) is 0 Å². The molecule has 2 heterocycles. The van der Waals surface area contributed by atoms with E-state index in [0.717, 1.165) is 16.7 Å². The van der Waals surface area contributed by atoms with Crippen molar-refractivity contribution in [3.05, 3.63) is 40.5 Å². The van der Waals surface area contributed by atoms with Gasteiger partial charge in [-0.3, -0.25) is 4.90 Å². The van der Waals surface area contributed by atoms with Gasteiger partial charge in [-0.1, -0.05) is 12.1 Å². The van der Waals surface area contributed by atoms with Crippen LogP contribution in [-0.4, -0.2) is 34.5 Å². The smallest absolute Gasteiger partial charge is 0.229 e. The van der Waals surface area contributed by atoms with E-state index in [1.54, 1.807) is 6.20 Å². The molecule has 0 saturated carbocycles. The molecule has 1 aromatic carbocycles. The average Bonchev–Trinajstić information content (AvgIpc) is 3.13. The number of likely N-dealkylation sites (tertiary alicyclic amines) is 1. The van der Waals surface area contributed by atoms with Gasteiger partial charge in [-0.05, 0) is 59.6 Å². The monoisotopic (exact) mass is 400 g/mol. The van der Waals surface area contributed by atoms with Crippen molar-refractivity contribution in [2.24, 2.45) is 0 Å². The van der Waals surface area contributed by atoms with Crippen molar-refractivity contribution in [1.82, 2.24) is 14.9 Å². The summed E-state index contributed by atoms with van der Waals surface area (Å²) in [4.78, 5) is 11.2. The molecule has 2 aromatic rings. The number of nitrogens with one attached hydrogen (secondary N) is 2. The maximum absolute atomic E-state index is 8.63. The lowest BCUT2D eigenvalue weighted by Gasteiger charge is -2.15. The highest BCUT2D eigenvalue weighted by Gasteiger charge is 2.11. The molecular formula is C18H21BrN6. The highest BCUT2D eigenvalue weighted by atomic mass is 79.9. The minimum absolute atomic E-state index is 0.428. The van der Waals surface area contributed by atoms with E-state index in [0.29, 0.717) is 24.7 Å². The average molecular weight is 401 g/mol. The summed E-state index contributed by atoms with van der Waals surface area (Å²) in [6.07, 6.45) is 4.75. The standard InChI is InChI=1S/C18H21BrN6/c19-16-12-22-18(24-17(16)21-9-3-8-20)23-15-6-4-14(5-7-15)13-25-10-1-2-11-25/h4-7,12H,1-3,9-11,13H2,(H2,21,22,23,24). The third kappa shape index (κ3) is 5.15. The fraction of sp³-hybridized carbons (Fsp3) is 0.389. The van der Waals surface area contributed by atoms with Crippen LogP contribution in [0.1, 0.15) is 24.8 Å². The lowest BCUT2D eigenvalue weighted by atomic mass is 10.2. The Labute approximate surface area is 156 Å². The Balaban J connectivity index is 1.61. The van der Waals surface area contributed by atoms with E-state index >= 15 is 0 Å². The van der Waals surface area contributed by atoms with Crippen molar-refractivity contribution in [3.63, 3.8) is 0 Å². The predicted molar refractivity (Wildman–Crippen MR) is 103 cm³/mol. The Hall–Kier alpha value is -2.17. The molecule has 2 N–H and O–H groups in total. The van der Waals surface area contributed by atoms with Gasteiger partial charge in [0.2, 0.25) is 5.95 Å². The number of benzene rings is 1. The minimum Gasteiger partial charge on any atom is -0.368 e. The number of nitriles is 1. The fourth-order valence-corrected chi connectivity index (χ4v) is 3.14. The summed E-state index contributed by atoms with van der Waals surface area (Å²) in [7, 11) is 0. The van der Waals surface area contributed by atoms with Crippen LogP contribution in [0.25, 0.3) is 0 Å². The van der Waals surface area contributed by atoms with Crippen molar-refractivity contribution in [2.75, 3.05) is 30.3 Å². The highest BCUT2D eigenvalue weighted by Crippen LogP contribution is 2.22. The molecule has 1 aliphatic rings. The van der Waals surface area contributed by atoms with Crippen LogP contribution in [0.2, 0.25) is 0 Å². The number of rotatable bonds is 7. The summed E-state index contributed by atoms with van der Waals surface area (Å²) in [5.41, 5.74) is 2.28. The Bertz CT molecular complexity index is 734. The van der Waals surface area contributed by atoms with Gasteiger partial charge in [0.15, 0.2) is 0 Å². The van der Waals surface area contributed by atoms with Gasteiger partial charge in [-0.15, -0.1) is 0 Å². The third-order valence-electron chi connectivity index (χ3n) is 4.09. The van der Waals surface area contributed by atoms with Crippen LogP contribution >= 0.6 is 15.9 Å². The summed E-state index contributed by atoms with van der Waals surface area (Å²) in [6, 6.07) is 10.5. The normalized spacial score (nSPS) is 14.2. The molecule has 25 heavy (non-hydrogen) atoms. The molecular weight excluding hydrogens is 380 g/mol. The number of halogens is 1. The van der Waals surface area contributed by atoms with Crippen LogP contribution in [0.3, 0.4) is 0 Å². The Morgan fingerprint density at radius 2 is 1.96 bits per heavy atom. The molecule has 0 atom stereocenters. The molecule has 0 radical (unpaired) electrons. The molecule has 0 unspecified atom stereocenters. The van der Waals surface area contributed by atoms with Crippen molar-refractivity contribution >= 4 is 33.4 Å². The Kier molecular flexibility index (Phi) is 6.20. The molecule has 0 aliphatic carbocycles. The van der Waals surface area contributed by atoms with Gasteiger partial charge in [-0.25, -0.2) is 4.98 Å². The maximum atomic E-state index is 8.63. The predicted octanol–water partition coefficient (Wildman–Crippen LogP) is 3.90. The zero-order chi connectivity index (χ0) is 17.5. The molecule has 1 aliphatic heterocycles. The van der Waals surface area contributed by atoms with Crippen molar-refractivity contribution in [3.8, 4) is 6.07 Å². The van der Waals surface area contributed by atoms with Gasteiger partial charge in [0.05, 0.1) is 17.0 Å². The van der Waals surface area contributed by atoms with E-state index in [4.69, 9.17) is 5.26 Å². The van der Waals surface area contributed by atoms with Gasteiger partial charge in [0, 0.05) is 25.0 Å². The molecule has 0 bridgehead atoms. The maximum Gasteiger partial charge on any atom is 0.229 e. The Morgan fingerprint density at radius 3 is 2.68 bits per heavy atom. The van der Waals surface area contributed by atoms with Gasteiger partial charge >= 0.3 is 0 Å². The Morgan fingerprint density at radius 1 is 1.20 bits per heavy atom. The second kappa shape index (κ2) is 8.79. The first kappa shape index (κ1) is 17.6. The van der Waals surface area contributed by atoms with Crippen molar-refractivity contribution < 1.29 is 0 Å². The zero-order valence-electron chi connectivity index (χ0n) is 14.0. The summed E-state index contributed by atoms with van der Waals surface area (Å²) in [6.45, 7) is 3.97. The number of aromatic nitrogens is 2. The first-order valence-corrected chi connectivity index (χ1v) is 9.25. The zero-order valence-corrected chi connectivity index (χ0v) is 15.6. The number of nitrogens with zero attached hydrogens (tertiary/aromatic N) is 4. The summed E-state index contributed by atoms with van der Waals surface area (Å²) in [5.74, 6) is 1.20. The fourth-order valence-electron chi connectivity index (χ4n) is 2.81. The van der Waals surface area contributed by atoms with E-state index in [1.165, 1.54) is 31.5 Å². The van der Waals surface area contributed by atoms with Crippen LogP contribution in [0.5, 0.6) is 0 Å². The molecule has 6 nitrogen and oxygen atoms in total. The summed E-state index contributed by atoms with van der Waals surface area (Å²) >= 11 is 3.42. The van der Waals surface area contributed by atoms with E-state index in [9.17, 15) is 0 Å². The highest BCUT2D eigenvalue weighted by molar-refractivity contribution is 9.10. The molecule has 7 heteroatoms. The van der Waals surface area contributed by atoms with Crippen molar-refractivity contribution in [2.45, 2.75) is 25.8 Å². The quantitative estimate of drug-likeness (QED) is 0.686. The van der Waals surface area contributed by atoms with Crippen molar-refractivity contribution in [1.29, 1.82) is 5.26 Å². The SMILES string of the molecule is N#CCCNc1nc(Nc2ccc(CN3CCCC3)cc2)ncc1Br. The number of anilines is 3. The van der Waals surface area contributed by atoms with E-state index < -0.39 is 0 Å². The van der Waals surface area contributed by atoms with Gasteiger partial charge in [0.1, 0.15) is 5.82 Å². The number of hydrogen-bond acceptors (Lipinski definition) is 6. The second-order valence-corrected chi connectivity index (χ2v) is 6.88. The topological polar surface area (TPSA) is 76.9 Å². The first-order valence-electron chi connectivity index (χ1n) is 8.46. The third-order valence-corrected chi connectivity index (χ3v) is 4.67. The molecule has 130 valence electrons. The van der Waals surface area contributed by atoms with Crippen LogP contribution in [0.15, 0.2) is 34.9 Å². The summed E-state index contributed by atoms with van der Waals surface area (Å²) < 4.78 is 0.775. The van der Waals surface area contributed by atoms with Crippen LogP contribution in [-0.2, 0) is 6.54 Å². The number of hydrogen-bond donors (Lipinski definition) is 2. The van der Waals surface area contributed by atoms with Crippen LogP contribution < -0.4 is 10.6 Å². The van der Waals surface area contributed by atoms with Gasteiger partial charge in [-0.2, -0.15) is 10.2 Å². The van der Waals surface area contributed by atoms with E-state index in [2.05, 4.69) is 71.8 Å². The molecule has 1 saturated heterocycles. The molecule has 1 aromatic heterocycles. The van der Waals surface area contributed by atoms with Crippen LogP contribution in [0.4, 0.5) is 17.5 Å².